The molecule has 0 amide bonds. The van der Waals surface area contributed by atoms with Crippen LogP contribution in [0.25, 0.3) is 11.3 Å². The first-order valence-corrected chi connectivity index (χ1v) is 8.84. The highest BCUT2D eigenvalue weighted by molar-refractivity contribution is 7.98. The molecule has 0 saturated heterocycles. The summed E-state index contributed by atoms with van der Waals surface area (Å²) in [6.07, 6.45) is 0. The molecule has 24 heavy (non-hydrogen) atoms. The van der Waals surface area contributed by atoms with Crippen LogP contribution in [0, 0.1) is 18.3 Å². The van der Waals surface area contributed by atoms with Gasteiger partial charge in [0.25, 0.3) is 0 Å². The number of aromatic hydroxyl groups is 1. The Morgan fingerprint density at radius 3 is 2.62 bits per heavy atom. The van der Waals surface area contributed by atoms with Crippen LogP contribution in [0.15, 0.2) is 34.8 Å². The van der Waals surface area contributed by atoms with Crippen LogP contribution < -0.4 is 5.73 Å². The second kappa shape index (κ2) is 6.86. The molecule has 3 rings (SSSR count). The van der Waals surface area contributed by atoms with Crippen molar-refractivity contribution in [2.45, 2.75) is 17.8 Å². The first-order valence-electron chi connectivity index (χ1n) is 6.97. The lowest BCUT2D eigenvalue weighted by Crippen LogP contribution is -2.02. The number of nitrogens with two attached hydrogens (primary N) is 1. The Morgan fingerprint density at radius 1 is 1.25 bits per heavy atom. The second-order valence-electron chi connectivity index (χ2n) is 4.92. The van der Waals surface area contributed by atoms with Crippen molar-refractivity contribution >= 4 is 28.9 Å². The number of nitriles is 1. The quantitative estimate of drug-likeness (QED) is 0.545. The van der Waals surface area contributed by atoms with Gasteiger partial charge in [0.05, 0.1) is 16.4 Å². The van der Waals surface area contributed by atoms with Crippen molar-refractivity contribution < 1.29 is 5.11 Å². The number of benzene rings is 1. The summed E-state index contributed by atoms with van der Waals surface area (Å²) in [7, 11) is 0. The molecule has 0 radical (unpaired) electrons. The Labute approximate surface area is 147 Å². The smallest absolute Gasteiger partial charge is 0.190 e. The minimum absolute atomic E-state index is 0.146. The summed E-state index contributed by atoms with van der Waals surface area (Å²) in [4.78, 5) is 13.1. The van der Waals surface area contributed by atoms with Crippen LogP contribution in [0.1, 0.15) is 16.3 Å². The molecular formula is C16H13N5OS2. The van der Waals surface area contributed by atoms with Gasteiger partial charge in [-0.15, -0.1) is 11.3 Å². The summed E-state index contributed by atoms with van der Waals surface area (Å²) in [5, 5.41) is 22.3. The van der Waals surface area contributed by atoms with Gasteiger partial charge in [0.1, 0.15) is 23.2 Å². The molecule has 0 atom stereocenters. The lowest BCUT2D eigenvalue weighted by Gasteiger charge is -2.08. The van der Waals surface area contributed by atoms with Crippen molar-refractivity contribution in [3.63, 3.8) is 0 Å². The van der Waals surface area contributed by atoms with E-state index in [1.54, 1.807) is 35.6 Å². The molecule has 0 saturated carbocycles. The zero-order chi connectivity index (χ0) is 17.1. The molecule has 1 aromatic carbocycles. The number of nitrogen functional groups attached to an aromatic ring is 1. The molecule has 0 aliphatic carbocycles. The van der Waals surface area contributed by atoms with Crippen LogP contribution in [0.4, 0.5) is 5.82 Å². The summed E-state index contributed by atoms with van der Waals surface area (Å²) in [5.74, 6) is 0.922. The Balaban J connectivity index is 1.94. The third-order valence-electron chi connectivity index (χ3n) is 3.18. The van der Waals surface area contributed by atoms with E-state index in [-0.39, 0.29) is 17.1 Å². The number of phenols is 1. The fourth-order valence-corrected chi connectivity index (χ4v) is 3.53. The molecule has 0 spiro atoms. The van der Waals surface area contributed by atoms with Crippen LogP contribution in [0.3, 0.4) is 0 Å². The summed E-state index contributed by atoms with van der Waals surface area (Å²) < 4.78 is 0. The second-order valence-corrected chi connectivity index (χ2v) is 6.92. The normalized spacial score (nSPS) is 10.5. The topological polar surface area (TPSA) is 109 Å². The highest BCUT2D eigenvalue weighted by Gasteiger charge is 2.15. The van der Waals surface area contributed by atoms with E-state index in [0.29, 0.717) is 22.2 Å². The van der Waals surface area contributed by atoms with Crippen LogP contribution in [-0.4, -0.2) is 20.1 Å². The van der Waals surface area contributed by atoms with Crippen LogP contribution in [0.5, 0.6) is 5.75 Å². The predicted molar refractivity (Wildman–Crippen MR) is 94.7 cm³/mol. The molecule has 6 nitrogen and oxygen atoms in total. The van der Waals surface area contributed by atoms with Crippen LogP contribution >= 0.6 is 23.1 Å². The Morgan fingerprint density at radius 2 is 2.00 bits per heavy atom. The fourth-order valence-electron chi connectivity index (χ4n) is 2.07. The minimum Gasteiger partial charge on any atom is -0.508 e. The number of phenolic OH excluding ortho intramolecular Hbond substituents is 1. The molecule has 2 aromatic heterocycles. The van der Waals surface area contributed by atoms with Crippen molar-refractivity contribution in [2.24, 2.45) is 0 Å². The first-order chi connectivity index (χ1) is 11.6. The molecule has 120 valence electrons. The Bertz CT molecular complexity index is 915. The Kier molecular flexibility index (Phi) is 4.64. The van der Waals surface area contributed by atoms with Gasteiger partial charge in [-0.3, -0.25) is 0 Å². The van der Waals surface area contributed by atoms with E-state index < -0.39 is 0 Å². The highest BCUT2D eigenvalue weighted by Crippen LogP contribution is 2.29. The SMILES string of the molecule is Cc1nc(CSc2nc(N)c(C#N)c(-c3ccc(O)cc3)n2)cs1. The highest BCUT2D eigenvalue weighted by atomic mass is 32.2. The number of hydrogen-bond donors (Lipinski definition) is 2. The van der Waals surface area contributed by atoms with Gasteiger partial charge in [-0.1, -0.05) is 11.8 Å². The summed E-state index contributed by atoms with van der Waals surface area (Å²) in [6.45, 7) is 1.96. The monoisotopic (exact) mass is 355 g/mol. The lowest BCUT2D eigenvalue weighted by molar-refractivity contribution is 0.475. The number of anilines is 1. The molecule has 3 aromatic rings. The maximum Gasteiger partial charge on any atom is 0.190 e. The fraction of sp³-hybridized carbons (Fsp3) is 0.125. The van der Waals surface area contributed by atoms with E-state index >= 15 is 0 Å². The molecule has 0 bridgehead atoms. The molecule has 0 fully saturated rings. The summed E-state index contributed by atoms with van der Waals surface area (Å²) in [6, 6.07) is 8.51. The van der Waals surface area contributed by atoms with E-state index in [4.69, 9.17) is 5.73 Å². The number of hydrogen-bond acceptors (Lipinski definition) is 8. The average Bonchev–Trinajstić information content (AvgIpc) is 2.98. The van der Waals surface area contributed by atoms with Gasteiger partial charge in [-0.25, -0.2) is 15.0 Å². The summed E-state index contributed by atoms with van der Waals surface area (Å²) in [5.41, 5.74) is 8.27. The van der Waals surface area contributed by atoms with Gasteiger partial charge in [-0.2, -0.15) is 5.26 Å². The van der Waals surface area contributed by atoms with Crippen LogP contribution in [0.2, 0.25) is 0 Å². The lowest BCUT2D eigenvalue weighted by atomic mass is 10.1. The zero-order valence-electron chi connectivity index (χ0n) is 12.7. The molecule has 3 N–H and O–H groups in total. The minimum atomic E-state index is 0.146. The van der Waals surface area contributed by atoms with Crippen molar-refractivity contribution in [3.8, 4) is 23.1 Å². The largest absolute Gasteiger partial charge is 0.508 e. The van der Waals surface area contributed by atoms with E-state index in [0.717, 1.165) is 10.7 Å². The maximum atomic E-state index is 9.42. The standard InChI is InChI=1S/C16H13N5OS2/c1-9-19-11(7-23-9)8-24-16-20-14(13(6-17)15(18)21-16)10-2-4-12(22)5-3-10/h2-5,7,22H,8H2,1H3,(H2,18,20,21). The molecule has 8 heteroatoms. The van der Waals surface area contributed by atoms with E-state index in [2.05, 4.69) is 15.0 Å². The molecule has 0 unspecified atom stereocenters. The van der Waals surface area contributed by atoms with E-state index in [1.165, 1.54) is 11.8 Å². The van der Waals surface area contributed by atoms with E-state index in [1.807, 2.05) is 18.4 Å². The molecule has 2 heterocycles. The maximum absolute atomic E-state index is 9.42. The Hall–Kier alpha value is -2.63. The van der Waals surface area contributed by atoms with Crippen molar-refractivity contribution in [2.75, 3.05) is 5.73 Å². The number of aryl methyl sites for hydroxylation is 1. The van der Waals surface area contributed by atoms with Gasteiger partial charge in [-0.05, 0) is 31.2 Å². The van der Waals surface area contributed by atoms with Gasteiger partial charge >= 0.3 is 0 Å². The number of thiazole rings is 1. The first kappa shape index (κ1) is 16.2. The number of nitrogens with zero attached hydrogens (tertiary/aromatic N) is 4. The van der Waals surface area contributed by atoms with Gasteiger partial charge in [0, 0.05) is 16.7 Å². The van der Waals surface area contributed by atoms with Crippen LogP contribution in [-0.2, 0) is 5.75 Å². The number of aromatic nitrogens is 3. The molecule has 0 aliphatic heterocycles. The van der Waals surface area contributed by atoms with Crippen molar-refractivity contribution in [3.05, 3.63) is 45.9 Å². The van der Waals surface area contributed by atoms with Crippen molar-refractivity contribution in [1.82, 2.24) is 15.0 Å². The predicted octanol–water partition coefficient (Wildman–Crippen LogP) is 3.36. The third-order valence-corrected chi connectivity index (χ3v) is 4.89. The molecule has 0 aliphatic rings. The molecular weight excluding hydrogens is 342 g/mol. The number of thioether (sulfide) groups is 1. The zero-order valence-corrected chi connectivity index (χ0v) is 14.4. The summed E-state index contributed by atoms with van der Waals surface area (Å²) >= 11 is 3.01. The van der Waals surface area contributed by atoms with Crippen molar-refractivity contribution in [1.29, 1.82) is 5.26 Å². The average molecular weight is 355 g/mol. The number of rotatable bonds is 4. The third kappa shape index (κ3) is 3.48. The van der Waals surface area contributed by atoms with Gasteiger partial charge < -0.3 is 10.8 Å². The van der Waals surface area contributed by atoms with Gasteiger partial charge in [0.2, 0.25) is 0 Å². The van der Waals surface area contributed by atoms with E-state index in [9.17, 15) is 10.4 Å². The van der Waals surface area contributed by atoms with Gasteiger partial charge in [0.15, 0.2) is 5.16 Å².